The third-order valence-electron chi connectivity index (χ3n) is 8.37. The van der Waals surface area contributed by atoms with E-state index < -0.39 is 0 Å². The predicted molar refractivity (Wildman–Crippen MR) is 163 cm³/mol. The van der Waals surface area contributed by atoms with Crippen LogP contribution in [0.2, 0.25) is 0 Å². The lowest BCUT2D eigenvalue weighted by Gasteiger charge is -2.37. The van der Waals surface area contributed by atoms with Crippen LogP contribution < -0.4 is 0 Å². The highest BCUT2D eigenvalue weighted by Crippen LogP contribution is 2.43. The largest absolute Gasteiger partial charge is 0.458 e. The van der Waals surface area contributed by atoms with E-state index in [1.165, 1.54) is 0 Å². The zero-order valence-corrected chi connectivity index (χ0v) is 24.2. The summed E-state index contributed by atoms with van der Waals surface area (Å²) in [6, 6.07) is 19.9. The van der Waals surface area contributed by atoms with E-state index >= 15 is 0 Å². The van der Waals surface area contributed by atoms with Crippen LogP contribution in [0.15, 0.2) is 77.1 Å². The van der Waals surface area contributed by atoms with Gasteiger partial charge in [0, 0.05) is 22.5 Å². The molecule has 2 aliphatic rings. The Kier molecular flexibility index (Phi) is 7.63. The number of benzene rings is 2. The quantitative estimate of drug-likeness (QED) is 0.264. The molecule has 0 spiro atoms. The Balaban J connectivity index is 1.66. The zero-order chi connectivity index (χ0) is 28.6. The first-order chi connectivity index (χ1) is 19.2. The van der Waals surface area contributed by atoms with Crippen LogP contribution in [0.5, 0.6) is 0 Å². The summed E-state index contributed by atoms with van der Waals surface area (Å²) in [5.41, 5.74) is 8.53. The molecule has 2 atom stereocenters. The summed E-state index contributed by atoms with van der Waals surface area (Å²) < 4.78 is 6.30. The molecule has 1 aliphatic heterocycles. The maximum absolute atomic E-state index is 14.0. The van der Waals surface area contributed by atoms with Crippen LogP contribution in [-0.2, 0) is 4.74 Å². The van der Waals surface area contributed by atoms with Crippen molar-refractivity contribution < 1.29 is 9.53 Å². The first-order valence-electron chi connectivity index (χ1n) is 14.1. The van der Waals surface area contributed by atoms with Gasteiger partial charge in [0.2, 0.25) is 5.70 Å². The van der Waals surface area contributed by atoms with Crippen molar-refractivity contribution in [3.63, 3.8) is 0 Å². The Morgan fingerprint density at radius 3 is 2.10 bits per heavy atom. The molecule has 1 fully saturated rings. The van der Waals surface area contributed by atoms with E-state index in [0.717, 1.165) is 57.8 Å². The third kappa shape index (κ3) is 4.95. The number of H-pyrrole nitrogens is 1. The second kappa shape index (κ2) is 11.1. The average molecular weight is 532 g/mol. The highest BCUT2D eigenvalue weighted by Gasteiger charge is 2.36. The lowest BCUT2D eigenvalue weighted by atomic mass is 9.75. The number of carbonyl (C=O) groups is 1. The van der Waals surface area contributed by atoms with Crippen molar-refractivity contribution >= 4 is 22.8 Å². The van der Waals surface area contributed by atoms with E-state index in [-0.39, 0.29) is 12.1 Å². The number of nitrogens with zero attached hydrogens (tertiary/aromatic N) is 2. The van der Waals surface area contributed by atoms with E-state index in [0.29, 0.717) is 34.7 Å². The number of rotatable bonds is 5. The molecule has 5 rings (SSSR count). The van der Waals surface area contributed by atoms with Crippen LogP contribution in [0.25, 0.3) is 27.1 Å². The molecule has 5 nitrogen and oxygen atoms in total. The van der Waals surface area contributed by atoms with Crippen molar-refractivity contribution in [2.45, 2.75) is 60.5 Å². The molecule has 0 saturated heterocycles. The molecular formula is C35H37N3O2. The molecule has 2 aromatic carbocycles. The maximum atomic E-state index is 14.0. The summed E-state index contributed by atoms with van der Waals surface area (Å²) in [6.07, 6.45) is 2.01. The second-order valence-electron chi connectivity index (χ2n) is 11.5. The Labute approximate surface area is 237 Å². The van der Waals surface area contributed by atoms with E-state index in [2.05, 4.69) is 30.6 Å². The molecule has 3 aromatic rings. The van der Waals surface area contributed by atoms with Crippen LogP contribution in [-0.4, -0.2) is 22.8 Å². The number of aryl methyl sites for hydroxylation is 1. The molecule has 204 valence electrons. The van der Waals surface area contributed by atoms with Gasteiger partial charge in [-0.25, -0.2) is 9.64 Å². The van der Waals surface area contributed by atoms with E-state index in [1.54, 1.807) is 0 Å². The van der Waals surface area contributed by atoms with Gasteiger partial charge in [-0.15, -0.1) is 0 Å². The molecule has 1 aromatic heterocycles. The van der Waals surface area contributed by atoms with Gasteiger partial charge in [-0.3, -0.25) is 4.99 Å². The number of aromatic nitrogens is 1. The number of hydrogen-bond acceptors (Lipinski definition) is 3. The van der Waals surface area contributed by atoms with Gasteiger partial charge in [-0.2, -0.15) is 0 Å². The van der Waals surface area contributed by atoms with Crippen LogP contribution in [0.3, 0.4) is 0 Å². The lowest BCUT2D eigenvalue weighted by molar-refractivity contribution is -0.0252. The summed E-state index contributed by atoms with van der Waals surface area (Å²) in [6.45, 7) is 20.4. The minimum atomic E-state index is -0.290. The molecule has 0 amide bonds. The van der Waals surface area contributed by atoms with Crippen molar-refractivity contribution in [1.29, 1.82) is 0 Å². The Bertz CT molecular complexity index is 1560. The summed E-state index contributed by atoms with van der Waals surface area (Å²) >= 11 is 0. The number of aromatic amines is 1. The summed E-state index contributed by atoms with van der Waals surface area (Å²) in [5, 5.41) is 0. The van der Waals surface area contributed by atoms with Crippen molar-refractivity contribution in [3.8, 4) is 11.1 Å². The number of nitrogens with one attached hydrogen (secondary N) is 1. The summed E-state index contributed by atoms with van der Waals surface area (Å²) in [5.74, 6) is 0.970. The van der Waals surface area contributed by atoms with Crippen LogP contribution in [0, 0.1) is 31.2 Å². The smallest absolute Gasteiger partial charge is 0.340 e. The summed E-state index contributed by atoms with van der Waals surface area (Å²) in [4.78, 5) is 26.2. The Morgan fingerprint density at radius 1 is 0.950 bits per heavy atom. The molecule has 1 N–H and O–H groups in total. The molecule has 2 heterocycles. The molecular weight excluding hydrogens is 494 g/mol. The number of ether oxygens (including phenoxy) is 1. The molecule has 1 aliphatic carbocycles. The van der Waals surface area contributed by atoms with Gasteiger partial charge in [0.05, 0.1) is 23.5 Å². The molecule has 1 saturated carbocycles. The number of esters is 1. The number of allylic oxidation sites excluding steroid dienone is 3. The van der Waals surface area contributed by atoms with E-state index in [1.807, 2.05) is 81.4 Å². The molecule has 40 heavy (non-hydrogen) atoms. The van der Waals surface area contributed by atoms with E-state index in [4.69, 9.17) is 16.3 Å². The van der Waals surface area contributed by atoms with E-state index in [9.17, 15) is 4.79 Å². The van der Waals surface area contributed by atoms with Crippen molar-refractivity contribution in [1.82, 2.24) is 4.98 Å². The number of aliphatic imine (C=N–C) groups is 1. The topological polar surface area (TPSA) is 58.8 Å². The van der Waals surface area contributed by atoms with Gasteiger partial charge in [0.1, 0.15) is 6.10 Å². The summed E-state index contributed by atoms with van der Waals surface area (Å²) in [7, 11) is 0. The normalized spacial score (nSPS) is 24.0. The fourth-order valence-electron chi connectivity index (χ4n) is 6.64. The first kappa shape index (κ1) is 27.4. The monoisotopic (exact) mass is 531 g/mol. The average Bonchev–Trinajstić information content (AvgIpc) is 3.47. The fraction of sp³-hybridized carbons (Fsp3) is 0.343. The van der Waals surface area contributed by atoms with Gasteiger partial charge in [-0.1, -0.05) is 81.4 Å². The second-order valence-corrected chi connectivity index (χ2v) is 11.5. The van der Waals surface area contributed by atoms with Gasteiger partial charge >= 0.3 is 5.97 Å². The predicted octanol–water partition coefficient (Wildman–Crippen LogP) is 8.75. The first-order valence-corrected chi connectivity index (χ1v) is 14.1. The van der Waals surface area contributed by atoms with Crippen molar-refractivity contribution in [3.05, 3.63) is 106 Å². The van der Waals surface area contributed by atoms with Crippen LogP contribution in [0.1, 0.15) is 74.8 Å². The van der Waals surface area contributed by atoms with Crippen LogP contribution >= 0.6 is 0 Å². The zero-order valence-electron chi connectivity index (χ0n) is 24.2. The van der Waals surface area contributed by atoms with Gasteiger partial charge in [0.25, 0.3) is 0 Å². The number of carbonyl (C=O) groups excluding carboxylic acids is 1. The Hall–Kier alpha value is -4.17. The fourth-order valence-corrected chi connectivity index (χ4v) is 6.64. The molecule has 0 radical (unpaired) electrons. The molecule has 0 bridgehead atoms. The van der Waals surface area contributed by atoms with Crippen LogP contribution in [0.4, 0.5) is 0 Å². The SMILES string of the molecule is [C-]#[N+]C1=C(c2ccccc2)C(=C(C)c2[nH]c(C)c(C(=O)OC3C(C)CC(C)CC3C)c2-c2ccccc2)N=C1C. The minimum absolute atomic E-state index is 0.111. The van der Waals surface area contributed by atoms with Gasteiger partial charge in [0.15, 0.2) is 0 Å². The third-order valence-corrected chi connectivity index (χ3v) is 8.37. The van der Waals surface area contributed by atoms with Gasteiger partial charge in [-0.05, 0) is 68.1 Å². The highest BCUT2D eigenvalue weighted by atomic mass is 16.5. The standard InChI is InChI=1S/C35H37N3O2/c1-20-18-21(2)34(22(3)19-20)40-35(39)28-24(5)37-31(29(28)26-14-10-8-11-15-26)23(4)32-30(27-16-12-9-13-17-27)33(36-7)25(6)38-32/h8-17,20-22,34,37H,18-19H2,1-6H3. The Morgan fingerprint density at radius 2 is 1.52 bits per heavy atom. The molecule has 2 unspecified atom stereocenters. The van der Waals surface area contributed by atoms with Crippen molar-refractivity contribution in [2.75, 3.05) is 0 Å². The highest BCUT2D eigenvalue weighted by molar-refractivity contribution is 6.16. The number of hydrogen-bond donors (Lipinski definition) is 1. The van der Waals surface area contributed by atoms with Crippen molar-refractivity contribution in [2.24, 2.45) is 22.7 Å². The molecule has 5 heteroatoms. The minimum Gasteiger partial charge on any atom is -0.458 e. The lowest BCUT2D eigenvalue weighted by Crippen LogP contribution is -2.37. The maximum Gasteiger partial charge on any atom is 0.340 e. The van der Waals surface area contributed by atoms with Gasteiger partial charge < -0.3 is 9.72 Å².